The number of hydrogen-bond donors (Lipinski definition) is 2. The minimum atomic E-state index is -0.617. The van der Waals surface area contributed by atoms with E-state index in [2.05, 4.69) is 30.6 Å². The van der Waals surface area contributed by atoms with Gasteiger partial charge in [-0.1, -0.05) is 23.2 Å². The second-order valence-electron chi connectivity index (χ2n) is 7.63. The highest BCUT2D eigenvalue weighted by Crippen LogP contribution is 2.26. The molecule has 0 bridgehead atoms. The van der Waals surface area contributed by atoms with Crippen molar-refractivity contribution in [1.29, 1.82) is 0 Å². The topological polar surface area (TPSA) is 101 Å². The van der Waals surface area contributed by atoms with Gasteiger partial charge in [-0.3, -0.25) is 4.79 Å². The maximum absolute atomic E-state index is 14.7. The van der Waals surface area contributed by atoms with E-state index in [9.17, 15) is 9.18 Å². The molecule has 4 heterocycles. The second-order valence-corrected chi connectivity index (χ2v) is 8.43. The number of anilines is 1. The lowest BCUT2D eigenvalue weighted by Gasteiger charge is -2.33. The first-order valence-corrected chi connectivity index (χ1v) is 11.1. The number of nitrogens with zero attached hydrogens (tertiary/aromatic N) is 6. The summed E-state index contributed by atoms with van der Waals surface area (Å²) in [7, 11) is 0. The van der Waals surface area contributed by atoms with Crippen molar-refractivity contribution in [1.82, 2.24) is 29.9 Å². The van der Waals surface area contributed by atoms with Crippen LogP contribution in [0.2, 0.25) is 10.2 Å². The highest BCUT2D eigenvalue weighted by Gasteiger charge is 2.25. The minimum absolute atomic E-state index is 0.0482. The number of hydrogen-bond acceptors (Lipinski definition) is 8. The number of benzene rings is 1. The van der Waals surface area contributed by atoms with E-state index in [0.717, 1.165) is 0 Å². The molecular weight excluding hydrogens is 470 g/mol. The van der Waals surface area contributed by atoms with Crippen LogP contribution in [0.4, 0.5) is 10.2 Å². The Labute approximate surface area is 197 Å². The monoisotopic (exact) mass is 488 g/mol. The molecule has 1 fully saturated rings. The van der Waals surface area contributed by atoms with Gasteiger partial charge in [0.15, 0.2) is 11.6 Å². The van der Waals surface area contributed by atoms with Crippen molar-refractivity contribution in [2.24, 2.45) is 0 Å². The van der Waals surface area contributed by atoms with E-state index in [0.29, 0.717) is 54.0 Å². The molecule has 0 radical (unpaired) electrons. The SMILES string of the molecule is C[C@H](Nc1ncnc2ccc(Cl)nc12)c1nc2c(F)ccc(Cl)c2c(=O)n1N1CCNCC1. The van der Waals surface area contributed by atoms with Gasteiger partial charge in [0.05, 0.1) is 22.0 Å². The van der Waals surface area contributed by atoms with E-state index in [1.807, 2.05) is 11.9 Å². The summed E-state index contributed by atoms with van der Waals surface area (Å²) >= 11 is 12.4. The molecule has 1 atom stereocenters. The van der Waals surface area contributed by atoms with Gasteiger partial charge in [0, 0.05) is 26.2 Å². The fourth-order valence-corrected chi connectivity index (χ4v) is 4.30. The van der Waals surface area contributed by atoms with E-state index in [-0.39, 0.29) is 15.9 Å². The number of halogens is 3. The van der Waals surface area contributed by atoms with Crippen LogP contribution in [-0.2, 0) is 0 Å². The summed E-state index contributed by atoms with van der Waals surface area (Å²) < 4.78 is 16.2. The number of nitrogens with one attached hydrogen (secondary N) is 2. The third-order valence-electron chi connectivity index (χ3n) is 5.49. The molecule has 2 N–H and O–H groups in total. The Balaban J connectivity index is 1.67. The lowest BCUT2D eigenvalue weighted by molar-refractivity contribution is 0.460. The largest absolute Gasteiger partial charge is 0.358 e. The van der Waals surface area contributed by atoms with Gasteiger partial charge in [0.25, 0.3) is 5.56 Å². The van der Waals surface area contributed by atoms with Gasteiger partial charge >= 0.3 is 0 Å². The molecule has 33 heavy (non-hydrogen) atoms. The quantitative estimate of drug-likeness (QED) is 0.423. The molecule has 4 aromatic rings. The molecule has 9 nitrogen and oxygen atoms in total. The van der Waals surface area contributed by atoms with Gasteiger partial charge in [0.1, 0.15) is 28.3 Å². The van der Waals surface area contributed by atoms with Gasteiger partial charge in [0.2, 0.25) is 0 Å². The molecule has 0 unspecified atom stereocenters. The van der Waals surface area contributed by atoms with Crippen LogP contribution >= 0.6 is 23.2 Å². The number of rotatable bonds is 4. The summed E-state index contributed by atoms with van der Waals surface area (Å²) in [6.07, 6.45) is 1.41. The van der Waals surface area contributed by atoms with Crippen molar-refractivity contribution in [3.63, 3.8) is 0 Å². The molecular formula is C21H19Cl2FN8O. The van der Waals surface area contributed by atoms with E-state index in [1.165, 1.54) is 23.1 Å². The molecule has 1 aliphatic heterocycles. The van der Waals surface area contributed by atoms with Crippen molar-refractivity contribution in [2.45, 2.75) is 13.0 Å². The molecule has 1 aliphatic rings. The van der Waals surface area contributed by atoms with Crippen molar-refractivity contribution < 1.29 is 4.39 Å². The van der Waals surface area contributed by atoms with E-state index < -0.39 is 17.4 Å². The summed E-state index contributed by atoms with van der Waals surface area (Å²) in [5.41, 5.74) is 0.579. The fraction of sp³-hybridized carbons (Fsp3) is 0.286. The predicted octanol–water partition coefficient (Wildman–Crippen LogP) is 2.89. The van der Waals surface area contributed by atoms with Crippen molar-refractivity contribution in [3.05, 3.63) is 62.8 Å². The van der Waals surface area contributed by atoms with Crippen molar-refractivity contribution in [2.75, 3.05) is 36.5 Å². The van der Waals surface area contributed by atoms with Gasteiger partial charge in [-0.15, -0.1) is 0 Å². The maximum Gasteiger partial charge on any atom is 0.281 e. The highest BCUT2D eigenvalue weighted by atomic mass is 35.5. The normalized spacial score (nSPS) is 15.2. The van der Waals surface area contributed by atoms with Gasteiger partial charge in [-0.2, -0.15) is 0 Å². The number of pyridine rings is 1. The summed E-state index contributed by atoms with van der Waals surface area (Å²) in [5.74, 6) is 0.125. The maximum atomic E-state index is 14.7. The Morgan fingerprint density at radius 3 is 2.67 bits per heavy atom. The fourth-order valence-electron chi connectivity index (χ4n) is 3.92. The first-order chi connectivity index (χ1) is 15.9. The third-order valence-corrected chi connectivity index (χ3v) is 6.02. The molecule has 0 saturated carbocycles. The third kappa shape index (κ3) is 3.94. The smallest absolute Gasteiger partial charge is 0.281 e. The first-order valence-electron chi connectivity index (χ1n) is 10.3. The molecule has 5 rings (SSSR count). The van der Waals surface area contributed by atoms with Crippen LogP contribution < -0.4 is 21.2 Å². The van der Waals surface area contributed by atoms with Crippen LogP contribution in [0, 0.1) is 5.82 Å². The number of fused-ring (bicyclic) bond motifs is 2. The lowest BCUT2D eigenvalue weighted by Crippen LogP contribution is -2.54. The highest BCUT2D eigenvalue weighted by molar-refractivity contribution is 6.35. The van der Waals surface area contributed by atoms with Gasteiger partial charge in [-0.25, -0.2) is 29.0 Å². The molecule has 1 aromatic carbocycles. The minimum Gasteiger partial charge on any atom is -0.358 e. The Kier molecular flexibility index (Phi) is 5.73. The van der Waals surface area contributed by atoms with Crippen LogP contribution in [0.1, 0.15) is 18.8 Å². The van der Waals surface area contributed by atoms with Crippen LogP contribution in [0.15, 0.2) is 35.4 Å². The molecule has 0 spiro atoms. The Morgan fingerprint density at radius 2 is 1.88 bits per heavy atom. The first kappa shape index (κ1) is 21.7. The number of aromatic nitrogens is 5. The molecule has 0 aliphatic carbocycles. The molecule has 1 saturated heterocycles. The van der Waals surface area contributed by atoms with E-state index >= 15 is 0 Å². The van der Waals surface area contributed by atoms with Crippen LogP contribution in [0.5, 0.6) is 0 Å². The summed E-state index contributed by atoms with van der Waals surface area (Å²) in [6.45, 7) is 4.36. The average Bonchev–Trinajstić information content (AvgIpc) is 2.82. The standard InChI is InChI=1S/C21H19Cl2FN8O/c1-11(28-19-18-14(26-10-27-19)4-5-15(23)29-18)20-30-17-13(24)3-2-12(22)16(17)21(33)32(20)31-8-6-25-7-9-31/h2-5,10-11,25H,6-9H2,1H3,(H,26,27,28)/t11-/m0/s1. The zero-order valence-electron chi connectivity index (χ0n) is 17.5. The molecule has 3 aromatic heterocycles. The van der Waals surface area contributed by atoms with E-state index in [1.54, 1.807) is 12.1 Å². The van der Waals surface area contributed by atoms with Crippen molar-refractivity contribution >= 4 is 51.0 Å². The zero-order chi connectivity index (χ0) is 23.1. The lowest BCUT2D eigenvalue weighted by atomic mass is 10.2. The van der Waals surface area contributed by atoms with Crippen molar-refractivity contribution in [3.8, 4) is 0 Å². The van der Waals surface area contributed by atoms with Crippen LogP contribution in [0.25, 0.3) is 21.9 Å². The summed E-state index contributed by atoms with van der Waals surface area (Å²) in [6, 6.07) is 5.41. The summed E-state index contributed by atoms with van der Waals surface area (Å²) in [4.78, 5) is 30.9. The van der Waals surface area contributed by atoms with Crippen LogP contribution in [-0.4, -0.2) is 50.8 Å². The molecule has 12 heteroatoms. The van der Waals surface area contributed by atoms with Gasteiger partial charge in [-0.05, 0) is 31.2 Å². The predicted molar refractivity (Wildman–Crippen MR) is 126 cm³/mol. The second kappa shape index (κ2) is 8.69. The number of piperazine rings is 1. The Hall–Kier alpha value is -3.08. The zero-order valence-corrected chi connectivity index (χ0v) is 19.0. The molecule has 0 amide bonds. The average molecular weight is 489 g/mol. The van der Waals surface area contributed by atoms with Crippen LogP contribution in [0.3, 0.4) is 0 Å². The van der Waals surface area contributed by atoms with E-state index in [4.69, 9.17) is 23.2 Å². The molecule has 170 valence electrons. The summed E-state index contributed by atoms with van der Waals surface area (Å²) in [5, 5.41) is 8.88. The Morgan fingerprint density at radius 1 is 1.09 bits per heavy atom. The Bertz CT molecular complexity index is 1420. The van der Waals surface area contributed by atoms with Gasteiger partial charge < -0.3 is 15.6 Å².